The lowest BCUT2D eigenvalue weighted by Crippen LogP contribution is -2.40. The first-order valence-electron chi connectivity index (χ1n) is 9.37. The van der Waals surface area contributed by atoms with E-state index in [0.29, 0.717) is 5.69 Å². The van der Waals surface area contributed by atoms with Crippen molar-refractivity contribution in [1.82, 2.24) is 9.55 Å². The standard InChI is InChI=1S/C21H22N4O2S/c1-3-24-17-10-6-4-8-15(17)23-21(24)28-13-20(27)25-14(2)12-19(26)22-16-9-5-7-11-18(16)25/h4-11,14H,3,12-13H2,1-2H3,(H,22,26). The van der Waals surface area contributed by atoms with E-state index in [4.69, 9.17) is 0 Å². The number of imidazole rings is 1. The van der Waals surface area contributed by atoms with Gasteiger partial charge in [-0.2, -0.15) is 0 Å². The molecule has 1 unspecified atom stereocenters. The zero-order chi connectivity index (χ0) is 19.7. The fraction of sp³-hybridized carbons (Fsp3) is 0.286. The Morgan fingerprint density at radius 1 is 1.21 bits per heavy atom. The maximum Gasteiger partial charge on any atom is 0.237 e. The van der Waals surface area contributed by atoms with Gasteiger partial charge in [-0.05, 0) is 38.1 Å². The van der Waals surface area contributed by atoms with Gasteiger partial charge >= 0.3 is 0 Å². The molecule has 7 heteroatoms. The van der Waals surface area contributed by atoms with Gasteiger partial charge in [0.1, 0.15) is 0 Å². The molecular weight excluding hydrogens is 372 g/mol. The Bertz CT molecular complexity index is 1050. The maximum absolute atomic E-state index is 13.1. The number of carbonyl (C=O) groups excluding carboxylic acids is 2. The van der Waals surface area contributed by atoms with Gasteiger partial charge in [0.15, 0.2) is 5.16 Å². The number of rotatable bonds is 4. The van der Waals surface area contributed by atoms with Gasteiger partial charge < -0.3 is 14.8 Å². The van der Waals surface area contributed by atoms with E-state index in [1.807, 2.05) is 55.5 Å². The molecule has 0 spiro atoms. The molecule has 4 rings (SSSR count). The lowest BCUT2D eigenvalue weighted by molar-refractivity contribution is -0.117. The number of nitrogens with zero attached hydrogens (tertiary/aromatic N) is 3. The molecule has 2 aromatic carbocycles. The molecule has 0 saturated carbocycles. The summed E-state index contributed by atoms with van der Waals surface area (Å²) < 4.78 is 2.12. The number of thioether (sulfide) groups is 1. The number of hydrogen-bond acceptors (Lipinski definition) is 4. The SMILES string of the molecule is CCn1c(SCC(=O)N2c3ccccc3NC(=O)CC2C)nc2ccccc21. The van der Waals surface area contributed by atoms with Crippen LogP contribution in [-0.2, 0) is 16.1 Å². The van der Waals surface area contributed by atoms with Crippen LogP contribution in [0, 0.1) is 0 Å². The fourth-order valence-corrected chi connectivity index (χ4v) is 4.57. The van der Waals surface area contributed by atoms with Crippen molar-refractivity contribution < 1.29 is 9.59 Å². The minimum Gasteiger partial charge on any atom is -0.324 e. The number of aromatic nitrogens is 2. The number of aryl methyl sites for hydroxylation is 1. The van der Waals surface area contributed by atoms with Gasteiger partial charge in [0.05, 0.1) is 28.2 Å². The van der Waals surface area contributed by atoms with Crippen LogP contribution in [0.25, 0.3) is 11.0 Å². The molecular formula is C21H22N4O2S. The van der Waals surface area contributed by atoms with Crippen LogP contribution in [0.15, 0.2) is 53.7 Å². The van der Waals surface area contributed by atoms with Crippen LogP contribution in [0.2, 0.25) is 0 Å². The topological polar surface area (TPSA) is 67.2 Å². The Morgan fingerprint density at radius 2 is 1.96 bits per heavy atom. The summed E-state index contributed by atoms with van der Waals surface area (Å²) in [5.41, 5.74) is 3.43. The van der Waals surface area contributed by atoms with Gasteiger partial charge in [-0.1, -0.05) is 36.0 Å². The number of benzene rings is 2. The van der Waals surface area contributed by atoms with Crippen LogP contribution in [0.3, 0.4) is 0 Å². The Balaban J connectivity index is 1.59. The lowest BCUT2D eigenvalue weighted by Gasteiger charge is -2.27. The summed E-state index contributed by atoms with van der Waals surface area (Å²) in [5.74, 6) is 0.155. The van der Waals surface area contributed by atoms with Crippen LogP contribution in [-0.4, -0.2) is 33.2 Å². The van der Waals surface area contributed by atoms with Crippen molar-refractivity contribution in [3.05, 3.63) is 48.5 Å². The number of carbonyl (C=O) groups is 2. The molecule has 0 radical (unpaired) electrons. The number of para-hydroxylation sites is 4. The highest BCUT2D eigenvalue weighted by Gasteiger charge is 2.29. The molecule has 2 heterocycles. The van der Waals surface area contributed by atoms with E-state index in [1.165, 1.54) is 11.8 Å². The predicted octanol–water partition coefficient (Wildman–Crippen LogP) is 3.91. The molecule has 1 aliphatic heterocycles. The molecule has 6 nitrogen and oxygen atoms in total. The molecule has 1 atom stereocenters. The van der Waals surface area contributed by atoms with Crippen molar-refractivity contribution in [2.45, 2.75) is 38.0 Å². The second-order valence-electron chi connectivity index (χ2n) is 6.80. The first-order valence-corrected chi connectivity index (χ1v) is 10.4. The van der Waals surface area contributed by atoms with Gasteiger partial charge in [-0.3, -0.25) is 9.59 Å². The minimum atomic E-state index is -0.207. The monoisotopic (exact) mass is 394 g/mol. The van der Waals surface area contributed by atoms with Gasteiger partial charge in [0.2, 0.25) is 11.8 Å². The van der Waals surface area contributed by atoms with Crippen molar-refractivity contribution in [3.63, 3.8) is 0 Å². The Morgan fingerprint density at radius 3 is 2.79 bits per heavy atom. The van der Waals surface area contributed by atoms with Crippen molar-refractivity contribution in [3.8, 4) is 0 Å². The third-order valence-electron chi connectivity index (χ3n) is 4.89. The highest BCUT2D eigenvalue weighted by molar-refractivity contribution is 7.99. The number of anilines is 2. The molecule has 3 aromatic rings. The van der Waals surface area contributed by atoms with Crippen LogP contribution in [0.1, 0.15) is 20.3 Å². The summed E-state index contributed by atoms with van der Waals surface area (Å²) in [7, 11) is 0. The Labute approximate surface area is 167 Å². The van der Waals surface area contributed by atoms with Crippen molar-refractivity contribution in [2.24, 2.45) is 0 Å². The summed E-state index contributed by atoms with van der Waals surface area (Å²) in [4.78, 5) is 31.7. The van der Waals surface area contributed by atoms with Crippen molar-refractivity contribution in [2.75, 3.05) is 16.0 Å². The van der Waals surface area contributed by atoms with E-state index in [-0.39, 0.29) is 30.0 Å². The van der Waals surface area contributed by atoms with Crippen LogP contribution in [0.4, 0.5) is 11.4 Å². The van der Waals surface area contributed by atoms with Crippen molar-refractivity contribution in [1.29, 1.82) is 0 Å². The van der Waals surface area contributed by atoms with E-state index < -0.39 is 0 Å². The second-order valence-corrected chi connectivity index (χ2v) is 7.74. The van der Waals surface area contributed by atoms with Crippen LogP contribution >= 0.6 is 11.8 Å². The zero-order valence-electron chi connectivity index (χ0n) is 15.9. The van der Waals surface area contributed by atoms with E-state index in [1.54, 1.807) is 4.90 Å². The molecule has 1 aromatic heterocycles. The van der Waals surface area contributed by atoms with E-state index in [9.17, 15) is 9.59 Å². The first kappa shape index (κ1) is 18.6. The van der Waals surface area contributed by atoms with Crippen molar-refractivity contribution >= 4 is 46.0 Å². The number of amides is 2. The van der Waals surface area contributed by atoms with Gasteiger partial charge in [0.25, 0.3) is 0 Å². The summed E-state index contributed by atoms with van der Waals surface area (Å²) in [5, 5.41) is 3.73. The molecule has 2 amide bonds. The van der Waals surface area contributed by atoms with Crippen LogP contribution < -0.4 is 10.2 Å². The molecule has 1 aliphatic rings. The van der Waals surface area contributed by atoms with E-state index in [2.05, 4.69) is 21.8 Å². The summed E-state index contributed by atoms with van der Waals surface area (Å²) in [6, 6.07) is 15.2. The first-order chi connectivity index (χ1) is 13.6. The average molecular weight is 395 g/mol. The van der Waals surface area contributed by atoms with Crippen LogP contribution in [0.5, 0.6) is 0 Å². The summed E-state index contributed by atoms with van der Waals surface area (Å²) >= 11 is 1.44. The number of fused-ring (bicyclic) bond motifs is 2. The van der Waals surface area contributed by atoms with Gasteiger partial charge in [-0.15, -0.1) is 0 Å². The molecule has 0 saturated heterocycles. The van der Waals surface area contributed by atoms with E-state index >= 15 is 0 Å². The third kappa shape index (κ3) is 3.38. The quantitative estimate of drug-likeness (QED) is 0.681. The van der Waals surface area contributed by atoms with Gasteiger partial charge in [0, 0.05) is 19.0 Å². The zero-order valence-corrected chi connectivity index (χ0v) is 16.7. The molecule has 0 fully saturated rings. The number of nitrogens with one attached hydrogen (secondary N) is 1. The summed E-state index contributed by atoms with van der Waals surface area (Å²) in [6.45, 7) is 4.77. The number of hydrogen-bond donors (Lipinski definition) is 1. The molecule has 0 bridgehead atoms. The second kappa shape index (κ2) is 7.67. The predicted molar refractivity (Wildman–Crippen MR) is 113 cm³/mol. The fourth-order valence-electron chi connectivity index (χ4n) is 3.63. The smallest absolute Gasteiger partial charge is 0.237 e. The van der Waals surface area contributed by atoms with E-state index in [0.717, 1.165) is 28.4 Å². The Hall–Kier alpha value is -2.80. The molecule has 144 valence electrons. The highest BCUT2D eigenvalue weighted by atomic mass is 32.2. The Kier molecular flexibility index (Phi) is 5.09. The average Bonchev–Trinajstić information content (AvgIpc) is 2.98. The third-order valence-corrected chi connectivity index (χ3v) is 5.85. The minimum absolute atomic E-state index is 0.0313. The maximum atomic E-state index is 13.1. The normalized spacial score (nSPS) is 16.6. The summed E-state index contributed by atoms with van der Waals surface area (Å²) in [6.07, 6.45) is 0.276. The van der Waals surface area contributed by atoms with Gasteiger partial charge in [-0.25, -0.2) is 4.98 Å². The lowest BCUT2D eigenvalue weighted by atomic mass is 10.2. The molecule has 28 heavy (non-hydrogen) atoms. The highest BCUT2D eigenvalue weighted by Crippen LogP contribution is 2.32. The molecule has 0 aliphatic carbocycles. The largest absolute Gasteiger partial charge is 0.324 e. The molecule has 1 N–H and O–H groups in total.